The first-order valence-electron chi connectivity index (χ1n) is 7.25. The monoisotopic (exact) mass is 322 g/mol. The smallest absolute Gasteiger partial charge is 0.323 e. The molecule has 3 rings (SSSR count). The molecule has 120 valence electrons. The molecule has 0 radical (unpaired) electrons. The number of aromatic nitrogens is 2. The number of hydrogen-bond donors (Lipinski definition) is 3. The molecular weight excluding hydrogens is 308 g/mol. The Morgan fingerprint density at radius 3 is 2.58 bits per heavy atom. The summed E-state index contributed by atoms with van der Waals surface area (Å²) in [6.07, 6.45) is -0.723. The molecule has 7 heteroatoms. The van der Waals surface area contributed by atoms with Gasteiger partial charge in [0.1, 0.15) is 5.75 Å². The van der Waals surface area contributed by atoms with Crippen molar-refractivity contribution < 1.29 is 9.53 Å². The zero-order chi connectivity index (χ0) is 17.1. The second kappa shape index (κ2) is 6.30. The van der Waals surface area contributed by atoms with Crippen LogP contribution in [0, 0.1) is 11.3 Å². The Bertz CT molecular complexity index is 979. The lowest BCUT2D eigenvalue weighted by Crippen LogP contribution is -2.30. The van der Waals surface area contributed by atoms with Gasteiger partial charge in [0.05, 0.1) is 22.7 Å². The summed E-state index contributed by atoms with van der Waals surface area (Å²) in [4.78, 5) is 28.7. The van der Waals surface area contributed by atoms with Crippen molar-refractivity contribution in [3.63, 3.8) is 0 Å². The van der Waals surface area contributed by atoms with Gasteiger partial charge in [-0.05, 0) is 49.4 Å². The van der Waals surface area contributed by atoms with E-state index in [4.69, 9.17) is 10.00 Å². The van der Waals surface area contributed by atoms with Crippen LogP contribution in [0.2, 0.25) is 0 Å². The summed E-state index contributed by atoms with van der Waals surface area (Å²) < 4.78 is 5.55. The average Bonchev–Trinajstić information content (AvgIpc) is 2.94. The fourth-order valence-corrected chi connectivity index (χ4v) is 2.22. The third kappa shape index (κ3) is 3.28. The first-order chi connectivity index (χ1) is 11.5. The molecule has 0 saturated carbocycles. The zero-order valence-corrected chi connectivity index (χ0v) is 12.8. The van der Waals surface area contributed by atoms with Gasteiger partial charge in [0.25, 0.3) is 5.91 Å². The van der Waals surface area contributed by atoms with Gasteiger partial charge in [-0.2, -0.15) is 5.26 Å². The SMILES string of the molecule is CC(Oc1ccc(C#N)cc1)C(=O)Nc1ccc2[nH]c(=O)[nH]c2c1. The van der Waals surface area contributed by atoms with E-state index in [0.717, 1.165) is 0 Å². The van der Waals surface area contributed by atoms with E-state index in [0.29, 0.717) is 28.0 Å². The van der Waals surface area contributed by atoms with Crippen LogP contribution in [-0.2, 0) is 4.79 Å². The molecule has 0 aliphatic heterocycles. The molecule has 2 aromatic carbocycles. The van der Waals surface area contributed by atoms with Crippen molar-refractivity contribution in [2.75, 3.05) is 5.32 Å². The van der Waals surface area contributed by atoms with Crippen LogP contribution < -0.4 is 15.7 Å². The molecule has 0 aliphatic carbocycles. The molecule has 24 heavy (non-hydrogen) atoms. The largest absolute Gasteiger partial charge is 0.481 e. The molecule has 1 heterocycles. The number of benzene rings is 2. The van der Waals surface area contributed by atoms with Gasteiger partial charge >= 0.3 is 5.69 Å². The Morgan fingerprint density at radius 2 is 1.88 bits per heavy atom. The number of nitriles is 1. The summed E-state index contributed by atoms with van der Waals surface area (Å²) in [5.74, 6) is 0.179. The molecule has 3 aromatic rings. The normalized spacial score (nSPS) is 11.7. The third-order valence-corrected chi connectivity index (χ3v) is 3.45. The van der Waals surface area contributed by atoms with E-state index in [2.05, 4.69) is 15.3 Å². The Hall–Kier alpha value is -3.53. The molecule has 1 unspecified atom stereocenters. The summed E-state index contributed by atoms with van der Waals surface area (Å²) in [6, 6.07) is 13.6. The van der Waals surface area contributed by atoms with Crippen LogP contribution in [0.4, 0.5) is 5.69 Å². The lowest BCUT2D eigenvalue weighted by atomic mass is 10.2. The van der Waals surface area contributed by atoms with E-state index >= 15 is 0 Å². The summed E-state index contributed by atoms with van der Waals surface area (Å²) >= 11 is 0. The van der Waals surface area contributed by atoms with Crippen LogP contribution in [0.15, 0.2) is 47.3 Å². The number of amides is 1. The van der Waals surface area contributed by atoms with Crippen molar-refractivity contribution in [2.45, 2.75) is 13.0 Å². The maximum atomic E-state index is 12.2. The quantitative estimate of drug-likeness (QED) is 0.683. The summed E-state index contributed by atoms with van der Waals surface area (Å²) in [6.45, 7) is 1.63. The van der Waals surface area contributed by atoms with Gasteiger partial charge in [0.2, 0.25) is 0 Å². The van der Waals surface area contributed by atoms with E-state index in [1.807, 2.05) is 6.07 Å². The lowest BCUT2D eigenvalue weighted by molar-refractivity contribution is -0.122. The molecule has 0 spiro atoms. The standard InChI is InChI=1S/C17H14N4O3/c1-10(24-13-5-2-11(9-18)3-6-13)16(22)19-12-4-7-14-15(8-12)21-17(23)20-14/h2-8,10H,1H3,(H,19,22)(H2,20,21,23). The minimum Gasteiger partial charge on any atom is -0.481 e. The van der Waals surface area contributed by atoms with E-state index in [9.17, 15) is 9.59 Å². The molecule has 0 bridgehead atoms. The summed E-state index contributed by atoms with van der Waals surface area (Å²) in [5.41, 5.74) is 2.05. The number of carbonyl (C=O) groups excluding carboxylic acids is 1. The number of nitrogens with zero attached hydrogens (tertiary/aromatic N) is 1. The third-order valence-electron chi connectivity index (χ3n) is 3.45. The molecular formula is C17H14N4O3. The first kappa shape index (κ1) is 15.4. The number of ether oxygens (including phenoxy) is 1. The van der Waals surface area contributed by atoms with E-state index in [1.54, 1.807) is 49.4 Å². The molecule has 3 N–H and O–H groups in total. The fraction of sp³-hybridized carbons (Fsp3) is 0.118. The van der Waals surface area contributed by atoms with Gasteiger partial charge in [-0.15, -0.1) is 0 Å². The van der Waals surface area contributed by atoms with Crippen molar-refractivity contribution in [2.24, 2.45) is 0 Å². The highest BCUT2D eigenvalue weighted by atomic mass is 16.5. The number of hydrogen-bond acceptors (Lipinski definition) is 4. The maximum Gasteiger partial charge on any atom is 0.323 e. The second-order valence-electron chi connectivity index (χ2n) is 5.22. The van der Waals surface area contributed by atoms with Gasteiger partial charge in [-0.3, -0.25) is 4.79 Å². The minimum absolute atomic E-state index is 0.300. The molecule has 1 aromatic heterocycles. The van der Waals surface area contributed by atoms with Crippen LogP contribution in [-0.4, -0.2) is 22.0 Å². The van der Waals surface area contributed by atoms with Crippen LogP contribution in [0.3, 0.4) is 0 Å². The molecule has 0 fully saturated rings. The van der Waals surface area contributed by atoms with E-state index in [-0.39, 0.29) is 11.6 Å². The topological polar surface area (TPSA) is 111 Å². The number of anilines is 1. The molecule has 0 aliphatic rings. The number of rotatable bonds is 4. The average molecular weight is 322 g/mol. The second-order valence-corrected chi connectivity index (χ2v) is 5.22. The number of nitrogens with one attached hydrogen (secondary N) is 3. The Morgan fingerprint density at radius 1 is 1.17 bits per heavy atom. The van der Waals surface area contributed by atoms with E-state index < -0.39 is 6.10 Å². The summed E-state index contributed by atoms with van der Waals surface area (Å²) in [5, 5.41) is 11.5. The van der Waals surface area contributed by atoms with Crippen molar-refractivity contribution in [1.29, 1.82) is 5.26 Å². The van der Waals surface area contributed by atoms with Crippen molar-refractivity contribution >= 4 is 22.6 Å². The van der Waals surface area contributed by atoms with Gasteiger partial charge in [0.15, 0.2) is 6.10 Å². The molecule has 7 nitrogen and oxygen atoms in total. The van der Waals surface area contributed by atoms with Crippen molar-refractivity contribution in [3.05, 3.63) is 58.5 Å². The number of aromatic amines is 2. The number of imidazole rings is 1. The predicted octanol–water partition coefficient (Wildman–Crippen LogP) is 2.13. The van der Waals surface area contributed by atoms with Gasteiger partial charge in [-0.1, -0.05) is 0 Å². The van der Waals surface area contributed by atoms with Crippen LogP contribution >= 0.6 is 0 Å². The summed E-state index contributed by atoms with van der Waals surface area (Å²) in [7, 11) is 0. The van der Waals surface area contributed by atoms with Crippen LogP contribution in [0.25, 0.3) is 11.0 Å². The van der Waals surface area contributed by atoms with Crippen LogP contribution in [0.5, 0.6) is 5.75 Å². The minimum atomic E-state index is -0.723. The first-order valence-corrected chi connectivity index (χ1v) is 7.25. The number of fused-ring (bicyclic) bond motifs is 1. The Labute approximate surface area is 136 Å². The predicted molar refractivity (Wildman–Crippen MR) is 88.8 cm³/mol. The zero-order valence-electron chi connectivity index (χ0n) is 12.8. The number of H-pyrrole nitrogens is 2. The molecule has 1 amide bonds. The Balaban J connectivity index is 1.68. The number of carbonyl (C=O) groups is 1. The van der Waals surface area contributed by atoms with E-state index in [1.165, 1.54) is 0 Å². The highest BCUT2D eigenvalue weighted by molar-refractivity contribution is 5.95. The van der Waals surface area contributed by atoms with Crippen molar-refractivity contribution in [1.82, 2.24) is 9.97 Å². The fourth-order valence-electron chi connectivity index (χ4n) is 2.22. The van der Waals surface area contributed by atoms with Crippen LogP contribution in [0.1, 0.15) is 12.5 Å². The maximum absolute atomic E-state index is 12.2. The van der Waals surface area contributed by atoms with Gasteiger partial charge < -0.3 is 20.0 Å². The molecule has 1 atom stereocenters. The molecule has 0 saturated heterocycles. The highest BCUT2D eigenvalue weighted by Crippen LogP contribution is 2.17. The highest BCUT2D eigenvalue weighted by Gasteiger charge is 2.15. The van der Waals surface area contributed by atoms with Gasteiger partial charge in [0, 0.05) is 5.69 Å². The van der Waals surface area contributed by atoms with Crippen molar-refractivity contribution in [3.8, 4) is 11.8 Å². The lowest BCUT2D eigenvalue weighted by Gasteiger charge is -2.14. The Kier molecular flexibility index (Phi) is 4.03. The van der Waals surface area contributed by atoms with Gasteiger partial charge in [-0.25, -0.2) is 4.79 Å².